The van der Waals surface area contributed by atoms with Gasteiger partial charge in [-0.15, -0.1) is 0 Å². The smallest absolute Gasteiger partial charge is 0.101 e. The molecule has 0 aliphatic heterocycles. The van der Waals surface area contributed by atoms with E-state index in [9.17, 15) is 0 Å². The molecule has 0 spiro atoms. The molecule has 4 nitrogen and oxygen atoms in total. The molecule has 92 valence electrons. The number of aryl methyl sites for hydroxylation is 1. The molecule has 0 fully saturated rings. The maximum Gasteiger partial charge on any atom is 0.101 e. The number of rotatable bonds is 4. The van der Waals surface area contributed by atoms with Crippen LogP contribution in [0.15, 0.2) is 36.9 Å². The number of hydrogen-bond donors (Lipinski definition) is 1. The van der Waals surface area contributed by atoms with Crippen LogP contribution in [0.4, 0.5) is 5.69 Å². The van der Waals surface area contributed by atoms with Crippen LogP contribution in [0.25, 0.3) is 0 Å². The summed E-state index contributed by atoms with van der Waals surface area (Å²) in [5.41, 5.74) is 2.70. The molecule has 0 amide bonds. The third kappa shape index (κ3) is 2.69. The first-order chi connectivity index (χ1) is 8.70. The third-order valence-electron chi connectivity index (χ3n) is 2.83. The van der Waals surface area contributed by atoms with Crippen LogP contribution < -0.4 is 5.32 Å². The number of nitrogens with zero attached hydrogens (tertiary/aromatic N) is 3. The van der Waals surface area contributed by atoms with Gasteiger partial charge < -0.3 is 9.88 Å². The van der Waals surface area contributed by atoms with E-state index < -0.39 is 0 Å². The maximum atomic E-state index is 9.11. The standard InChI is InChI=1S/C14H16N4/c1-11-4-3-5-13(8-15)14(11)17-12(2)9-18-7-6-16-10-18/h3-7,10,12,17H,9H2,1-2H3. The summed E-state index contributed by atoms with van der Waals surface area (Å²) in [6.07, 6.45) is 5.49. The minimum absolute atomic E-state index is 0.229. The number of hydrogen-bond acceptors (Lipinski definition) is 3. The molecular weight excluding hydrogens is 224 g/mol. The number of nitrogens with one attached hydrogen (secondary N) is 1. The Morgan fingerprint density at radius 2 is 2.33 bits per heavy atom. The average molecular weight is 240 g/mol. The molecular formula is C14H16N4. The second kappa shape index (κ2) is 5.37. The quantitative estimate of drug-likeness (QED) is 0.893. The van der Waals surface area contributed by atoms with Crippen LogP contribution in [0.5, 0.6) is 0 Å². The second-order valence-corrected chi connectivity index (χ2v) is 4.41. The molecule has 1 unspecified atom stereocenters. The molecule has 0 saturated heterocycles. The number of imidazole rings is 1. The van der Waals surface area contributed by atoms with E-state index in [1.807, 2.05) is 35.9 Å². The van der Waals surface area contributed by atoms with E-state index in [4.69, 9.17) is 5.26 Å². The normalized spacial score (nSPS) is 11.8. The van der Waals surface area contributed by atoms with Gasteiger partial charge in [-0.3, -0.25) is 0 Å². The zero-order chi connectivity index (χ0) is 13.0. The van der Waals surface area contributed by atoms with Crippen molar-refractivity contribution in [3.8, 4) is 6.07 Å². The highest BCUT2D eigenvalue weighted by atomic mass is 15.1. The molecule has 1 atom stereocenters. The Kier molecular flexibility index (Phi) is 3.63. The van der Waals surface area contributed by atoms with E-state index in [-0.39, 0.29) is 6.04 Å². The van der Waals surface area contributed by atoms with Crippen molar-refractivity contribution in [2.45, 2.75) is 26.4 Å². The lowest BCUT2D eigenvalue weighted by molar-refractivity contribution is 0.618. The highest BCUT2D eigenvalue weighted by Crippen LogP contribution is 2.20. The summed E-state index contributed by atoms with van der Waals surface area (Å²) in [4.78, 5) is 4.02. The minimum atomic E-state index is 0.229. The molecule has 0 aliphatic rings. The summed E-state index contributed by atoms with van der Waals surface area (Å²) < 4.78 is 2.02. The van der Waals surface area contributed by atoms with Gasteiger partial charge >= 0.3 is 0 Å². The molecule has 1 heterocycles. The van der Waals surface area contributed by atoms with Crippen molar-refractivity contribution in [1.82, 2.24) is 9.55 Å². The Hall–Kier alpha value is -2.28. The molecule has 0 bridgehead atoms. The Balaban J connectivity index is 2.12. The third-order valence-corrected chi connectivity index (χ3v) is 2.83. The summed E-state index contributed by atoms with van der Waals surface area (Å²) in [5.74, 6) is 0. The van der Waals surface area contributed by atoms with E-state index in [2.05, 4.69) is 23.3 Å². The van der Waals surface area contributed by atoms with Gasteiger partial charge in [-0.1, -0.05) is 12.1 Å². The van der Waals surface area contributed by atoms with E-state index in [1.165, 1.54) is 0 Å². The molecule has 2 rings (SSSR count). The maximum absolute atomic E-state index is 9.11. The van der Waals surface area contributed by atoms with Crippen LogP contribution in [0.1, 0.15) is 18.1 Å². The Morgan fingerprint density at radius 1 is 1.50 bits per heavy atom. The summed E-state index contributed by atoms with van der Waals surface area (Å²) in [6, 6.07) is 8.19. The van der Waals surface area contributed by atoms with Crippen molar-refractivity contribution >= 4 is 5.69 Å². The molecule has 1 N–H and O–H groups in total. The zero-order valence-electron chi connectivity index (χ0n) is 10.6. The summed E-state index contributed by atoms with van der Waals surface area (Å²) in [7, 11) is 0. The van der Waals surface area contributed by atoms with Gasteiger partial charge in [-0.25, -0.2) is 4.98 Å². The monoisotopic (exact) mass is 240 g/mol. The predicted octanol–water partition coefficient (Wildman–Crippen LogP) is 2.56. The molecule has 4 heteroatoms. The fraction of sp³-hybridized carbons (Fsp3) is 0.286. The van der Waals surface area contributed by atoms with Crippen molar-refractivity contribution < 1.29 is 0 Å². The molecule has 1 aromatic heterocycles. The highest BCUT2D eigenvalue weighted by Gasteiger charge is 2.09. The van der Waals surface area contributed by atoms with Crippen LogP contribution in [-0.2, 0) is 6.54 Å². The number of nitriles is 1. The topological polar surface area (TPSA) is 53.6 Å². The Labute approximate surface area is 107 Å². The SMILES string of the molecule is Cc1cccc(C#N)c1NC(C)Cn1ccnc1. The molecule has 2 aromatic rings. The van der Waals surface area contributed by atoms with E-state index in [1.54, 1.807) is 12.5 Å². The second-order valence-electron chi connectivity index (χ2n) is 4.41. The Morgan fingerprint density at radius 3 is 3.00 bits per heavy atom. The highest BCUT2D eigenvalue weighted by molar-refractivity contribution is 5.62. The molecule has 0 radical (unpaired) electrons. The molecule has 0 aliphatic carbocycles. The van der Waals surface area contributed by atoms with Gasteiger partial charge in [0.15, 0.2) is 0 Å². The minimum Gasteiger partial charge on any atom is -0.380 e. The van der Waals surface area contributed by atoms with Crippen LogP contribution in [0.2, 0.25) is 0 Å². The first-order valence-corrected chi connectivity index (χ1v) is 5.92. The fourth-order valence-electron chi connectivity index (χ4n) is 1.96. The summed E-state index contributed by atoms with van der Waals surface area (Å²) >= 11 is 0. The van der Waals surface area contributed by atoms with Gasteiger partial charge in [0.05, 0.1) is 17.6 Å². The Bertz CT molecular complexity index is 552. The molecule has 1 aromatic carbocycles. The van der Waals surface area contributed by atoms with Crippen molar-refractivity contribution in [3.63, 3.8) is 0 Å². The van der Waals surface area contributed by atoms with Gasteiger partial charge in [0, 0.05) is 25.0 Å². The van der Waals surface area contributed by atoms with Gasteiger partial charge in [0.2, 0.25) is 0 Å². The van der Waals surface area contributed by atoms with E-state index in [0.29, 0.717) is 5.56 Å². The molecule has 18 heavy (non-hydrogen) atoms. The lowest BCUT2D eigenvalue weighted by Gasteiger charge is -2.18. The number of aromatic nitrogens is 2. The van der Waals surface area contributed by atoms with Crippen LogP contribution in [0, 0.1) is 18.3 Å². The number of benzene rings is 1. The number of anilines is 1. The van der Waals surface area contributed by atoms with Crippen molar-refractivity contribution in [1.29, 1.82) is 5.26 Å². The van der Waals surface area contributed by atoms with Gasteiger partial charge in [-0.2, -0.15) is 5.26 Å². The summed E-state index contributed by atoms with van der Waals surface area (Å²) in [6.45, 7) is 4.92. The van der Waals surface area contributed by atoms with E-state index >= 15 is 0 Å². The first kappa shape index (κ1) is 12.2. The number of para-hydroxylation sites is 1. The van der Waals surface area contributed by atoms with E-state index in [0.717, 1.165) is 17.8 Å². The fourth-order valence-corrected chi connectivity index (χ4v) is 1.96. The van der Waals surface area contributed by atoms with Gasteiger partial charge in [-0.05, 0) is 25.5 Å². The van der Waals surface area contributed by atoms with Crippen molar-refractivity contribution in [2.24, 2.45) is 0 Å². The lowest BCUT2D eigenvalue weighted by Crippen LogP contribution is -2.22. The average Bonchev–Trinajstić information content (AvgIpc) is 2.84. The van der Waals surface area contributed by atoms with Crippen LogP contribution in [-0.4, -0.2) is 15.6 Å². The largest absolute Gasteiger partial charge is 0.380 e. The van der Waals surface area contributed by atoms with Crippen molar-refractivity contribution in [3.05, 3.63) is 48.0 Å². The van der Waals surface area contributed by atoms with Crippen molar-refractivity contribution in [2.75, 3.05) is 5.32 Å². The lowest BCUT2D eigenvalue weighted by atomic mass is 10.1. The van der Waals surface area contributed by atoms with Gasteiger partial charge in [0.25, 0.3) is 0 Å². The first-order valence-electron chi connectivity index (χ1n) is 5.92. The summed E-state index contributed by atoms with van der Waals surface area (Å²) in [5, 5.41) is 12.5. The zero-order valence-corrected chi connectivity index (χ0v) is 10.6. The van der Waals surface area contributed by atoms with Gasteiger partial charge in [0.1, 0.15) is 6.07 Å². The van der Waals surface area contributed by atoms with Crippen LogP contribution >= 0.6 is 0 Å². The van der Waals surface area contributed by atoms with Crippen LogP contribution in [0.3, 0.4) is 0 Å². The molecule has 0 saturated carbocycles. The predicted molar refractivity (Wildman–Crippen MR) is 71.2 cm³/mol.